The molecule has 0 spiro atoms. The minimum atomic E-state index is 0.704. The van der Waals surface area contributed by atoms with Crippen LogP contribution >= 0.6 is 22.9 Å². The topological polar surface area (TPSA) is 22.1 Å². The van der Waals surface area contributed by atoms with Gasteiger partial charge in [0.15, 0.2) is 0 Å². The maximum absolute atomic E-state index is 6.06. The first kappa shape index (κ1) is 11.4. The van der Waals surface area contributed by atoms with Crippen LogP contribution in [0.15, 0.2) is 34.4 Å². The maximum atomic E-state index is 6.06. The molecule has 2 rings (SSSR count). The molecule has 0 aliphatic heterocycles. The van der Waals surface area contributed by atoms with Crippen molar-refractivity contribution < 1.29 is 4.74 Å². The standard InChI is InChI=1S/C12H12ClNOS/c1-8-7-16-12(14-8)9-5-10(13)3-4-11(6-9)15-2/h3-5,7H,6H2,1-2H3. The van der Waals surface area contributed by atoms with Crippen molar-refractivity contribution in [2.45, 2.75) is 13.3 Å². The number of halogens is 1. The Hall–Kier alpha value is -1.06. The van der Waals surface area contributed by atoms with Crippen LogP contribution in [0.2, 0.25) is 0 Å². The van der Waals surface area contributed by atoms with Gasteiger partial charge >= 0.3 is 0 Å². The zero-order chi connectivity index (χ0) is 11.5. The summed E-state index contributed by atoms with van der Waals surface area (Å²) in [6.07, 6.45) is 6.42. The fourth-order valence-corrected chi connectivity index (χ4v) is 2.47. The number of methoxy groups -OCH3 is 1. The lowest BCUT2D eigenvalue weighted by atomic mass is 10.1. The number of allylic oxidation sites excluding steroid dienone is 5. The highest BCUT2D eigenvalue weighted by atomic mass is 35.5. The summed E-state index contributed by atoms with van der Waals surface area (Å²) in [6, 6.07) is 0. The molecular weight excluding hydrogens is 242 g/mol. The van der Waals surface area contributed by atoms with Gasteiger partial charge in [-0.3, -0.25) is 0 Å². The Bertz CT molecular complexity index is 485. The Morgan fingerprint density at radius 2 is 2.25 bits per heavy atom. The lowest BCUT2D eigenvalue weighted by molar-refractivity contribution is 0.286. The molecule has 0 bridgehead atoms. The molecule has 2 nitrogen and oxygen atoms in total. The summed E-state index contributed by atoms with van der Waals surface area (Å²) >= 11 is 7.69. The van der Waals surface area contributed by atoms with E-state index in [1.807, 2.05) is 30.5 Å². The average Bonchev–Trinajstić information content (AvgIpc) is 2.59. The summed E-state index contributed by atoms with van der Waals surface area (Å²) in [5.74, 6) is 0.898. The van der Waals surface area contributed by atoms with Crippen LogP contribution in [-0.2, 0) is 4.74 Å². The van der Waals surface area contributed by atoms with Crippen molar-refractivity contribution in [3.8, 4) is 0 Å². The number of hydrogen-bond donors (Lipinski definition) is 0. The van der Waals surface area contributed by atoms with Gasteiger partial charge in [0, 0.05) is 22.5 Å². The second-order valence-electron chi connectivity index (χ2n) is 3.53. The highest BCUT2D eigenvalue weighted by Crippen LogP contribution is 2.29. The summed E-state index contributed by atoms with van der Waals surface area (Å²) in [5, 5.41) is 3.75. The molecule has 0 aromatic carbocycles. The van der Waals surface area contributed by atoms with Gasteiger partial charge in [0.2, 0.25) is 0 Å². The second-order valence-corrected chi connectivity index (χ2v) is 4.82. The zero-order valence-corrected chi connectivity index (χ0v) is 10.7. The largest absolute Gasteiger partial charge is 0.501 e. The van der Waals surface area contributed by atoms with Gasteiger partial charge in [-0.2, -0.15) is 0 Å². The molecule has 0 atom stereocenters. The molecule has 0 unspecified atom stereocenters. The van der Waals surface area contributed by atoms with Gasteiger partial charge in [-0.1, -0.05) is 11.6 Å². The van der Waals surface area contributed by atoms with Crippen LogP contribution in [-0.4, -0.2) is 12.1 Å². The Balaban J connectivity index is 2.35. The van der Waals surface area contributed by atoms with Crippen LogP contribution in [0.1, 0.15) is 17.1 Å². The Labute approximate surface area is 104 Å². The number of nitrogens with zero attached hydrogens (tertiary/aromatic N) is 1. The second kappa shape index (κ2) is 4.85. The van der Waals surface area contributed by atoms with Gasteiger partial charge in [-0.25, -0.2) is 4.98 Å². The van der Waals surface area contributed by atoms with Crippen molar-refractivity contribution in [3.05, 3.63) is 45.1 Å². The highest BCUT2D eigenvalue weighted by Gasteiger charge is 2.11. The van der Waals surface area contributed by atoms with Crippen molar-refractivity contribution in [2.24, 2.45) is 0 Å². The summed E-state index contributed by atoms with van der Waals surface area (Å²) in [5.41, 5.74) is 2.14. The van der Waals surface area contributed by atoms with Crippen LogP contribution in [0.5, 0.6) is 0 Å². The molecule has 4 heteroatoms. The SMILES string of the molecule is COC1=CC=C(Cl)C=C(c2nc(C)cs2)C1. The van der Waals surface area contributed by atoms with E-state index in [0.29, 0.717) is 5.03 Å². The number of aromatic nitrogens is 1. The monoisotopic (exact) mass is 253 g/mol. The summed E-state index contributed by atoms with van der Waals surface area (Å²) in [4.78, 5) is 4.46. The lowest BCUT2D eigenvalue weighted by Gasteiger charge is -2.05. The summed E-state index contributed by atoms with van der Waals surface area (Å²) < 4.78 is 5.27. The first-order valence-corrected chi connectivity index (χ1v) is 6.18. The Morgan fingerprint density at radius 3 is 2.88 bits per heavy atom. The van der Waals surface area contributed by atoms with Crippen molar-refractivity contribution in [1.82, 2.24) is 4.98 Å². The minimum absolute atomic E-state index is 0.704. The van der Waals surface area contributed by atoms with E-state index in [1.54, 1.807) is 18.4 Å². The molecule has 0 fully saturated rings. The fraction of sp³-hybridized carbons (Fsp3) is 0.250. The van der Waals surface area contributed by atoms with E-state index in [2.05, 4.69) is 4.98 Å². The lowest BCUT2D eigenvalue weighted by Crippen LogP contribution is -1.90. The molecule has 1 aromatic rings. The van der Waals surface area contributed by atoms with Gasteiger partial charge in [-0.15, -0.1) is 11.3 Å². The molecule has 0 radical (unpaired) electrons. The van der Waals surface area contributed by atoms with Crippen LogP contribution in [0.4, 0.5) is 0 Å². The Kier molecular flexibility index (Phi) is 3.46. The van der Waals surface area contributed by atoms with Crippen LogP contribution < -0.4 is 0 Å². The number of rotatable bonds is 2. The molecule has 0 saturated carbocycles. The van der Waals surface area contributed by atoms with E-state index in [9.17, 15) is 0 Å². The highest BCUT2D eigenvalue weighted by molar-refractivity contribution is 7.10. The van der Waals surface area contributed by atoms with Crippen LogP contribution in [0.25, 0.3) is 5.57 Å². The zero-order valence-electron chi connectivity index (χ0n) is 9.16. The third-order valence-electron chi connectivity index (χ3n) is 2.26. The van der Waals surface area contributed by atoms with Crippen molar-refractivity contribution in [1.29, 1.82) is 0 Å². The van der Waals surface area contributed by atoms with E-state index < -0.39 is 0 Å². The fourth-order valence-electron chi connectivity index (χ4n) is 1.46. The Morgan fingerprint density at radius 1 is 1.44 bits per heavy atom. The van der Waals surface area contributed by atoms with Gasteiger partial charge in [0.1, 0.15) is 10.8 Å². The van der Waals surface area contributed by atoms with E-state index in [0.717, 1.165) is 28.5 Å². The van der Waals surface area contributed by atoms with Crippen molar-refractivity contribution in [2.75, 3.05) is 7.11 Å². The maximum Gasteiger partial charge on any atom is 0.120 e. The number of thiazole rings is 1. The normalized spacial score (nSPS) is 16.1. The minimum Gasteiger partial charge on any atom is -0.501 e. The third-order valence-corrected chi connectivity index (χ3v) is 3.53. The van der Waals surface area contributed by atoms with Crippen molar-refractivity contribution in [3.63, 3.8) is 0 Å². The molecule has 1 aromatic heterocycles. The van der Waals surface area contributed by atoms with Gasteiger partial charge in [0.05, 0.1) is 7.11 Å². The quantitative estimate of drug-likeness (QED) is 0.798. The predicted octanol–water partition coefficient (Wildman–Crippen LogP) is 3.89. The molecule has 1 aliphatic carbocycles. The summed E-state index contributed by atoms with van der Waals surface area (Å²) in [7, 11) is 1.67. The molecule has 16 heavy (non-hydrogen) atoms. The van der Waals surface area contributed by atoms with Crippen molar-refractivity contribution >= 4 is 28.5 Å². The van der Waals surface area contributed by atoms with Gasteiger partial charge in [-0.05, 0) is 30.7 Å². The molecule has 0 saturated heterocycles. The third kappa shape index (κ3) is 2.54. The van der Waals surface area contributed by atoms with Gasteiger partial charge < -0.3 is 4.74 Å². The average molecular weight is 254 g/mol. The van der Waals surface area contributed by atoms with Crippen LogP contribution in [0, 0.1) is 6.92 Å². The molecule has 1 aliphatic rings. The summed E-state index contributed by atoms with van der Waals surface area (Å²) in [6.45, 7) is 1.99. The number of aryl methyl sites for hydroxylation is 1. The smallest absolute Gasteiger partial charge is 0.120 e. The molecule has 0 amide bonds. The number of hydrogen-bond acceptors (Lipinski definition) is 3. The number of ether oxygens (including phenoxy) is 1. The van der Waals surface area contributed by atoms with Crippen LogP contribution in [0.3, 0.4) is 0 Å². The molecule has 0 N–H and O–H groups in total. The molecule has 84 valence electrons. The van der Waals surface area contributed by atoms with E-state index >= 15 is 0 Å². The first-order chi connectivity index (χ1) is 7.69. The molecular formula is C12H12ClNOS. The predicted molar refractivity (Wildman–Crippen MR) is 68.5 cm³/mol. The van der Waals surface area contributed by atoms with E-state index in [1.165, 1.54) is 0 Å². The molecule has 1 heterocycles. The van der Waals surface area contributed by atoms with Gasteiger partial charge in [0.25, 0.3) is 0 Å². The van der Waals surface area contributed by atoms with E-state index in [-0.39, 0.29) is 0 Å². The first-order valence-electron chi connectivity index (χ1n) is 4.92. The van der Waals surface area contributed by atoms with E-state index in [4.69, 9.17) is 16.3 Å².